The van der Waals surface area contributed by atoms with E-state index in [9.17, 15) is 9.18 Å². The van der Waals surface area contributed by atoms with E-state index in [0.29, 0.717) is 24.2 Å². The zero-order valence-corrected chi connectivity index (χ0v) is 16.2. The third-order valence-corrected chi connectivity index (χ3v) is 4.30. The predicted octanol–water partition coefficient (Wildman–Crippen LogP) is 2.16. The number of ether oxygens (including phenoxy) is 1. The maximum Gasteiger partial charge on any atom is 0.237 e. The van der Waals surface area contributed by atoms with Gasteiger partial charge in [-0.25, -0.2) is 9.37 Å². The summed E-state index contributed by atoms with van der Waals surface area (Å²) in [5.41, 5.74) is 1.16. The van der Waals surface area contributed by atoms with Crippen molar-refractivity contribution in [1.29, 1.82) is 0 Å². The molecule has 3 rings (SSSR count). The Morgan fingerprint density at radius 2 is 2.23 bits per heavy atom. The molecule has 1 amide bonds. The molecular formula is C17H23Cl2FN4O2. The fourth-order valence-electron chi connectivity index (χ4n) is 2.88. The molecule has 6 nitrogen and oxygen atoms in total. The number of imidazole rings is 1. The number of aromatic nitrogens is 2. The van der Waals surface area contributed by atoms with E-state index in [2.05, 4.69) is 15.6 Å². The summed E-state index contributed by atoms with van der Waals surface area (Å²) in [6, 6.07) is 4.68. The van der Waals surface area contributed by atoms with Gasteiger partial charge in [0.05, 0.1) is 17.8 Å². The lowest BCUT2D eigenvalue weighted by Gasteiger charge is -2.12. The Kier molecular flexibility index (Phi) is 8.49. The Bertz CT molecular complexity index is 741. The van der Waals surface area contributed by atoms with E-state index in [0.717, 1.165) is 5.82 Å². The zero-order chi connectivity index (χ0) is 17.1. The number of nitrogens with one attached hydrogen (secondary N) is 2. The summed E-state index contributed by atoms with van der Waals surface area (Å²) < 4.78 is 21.2. The first-order valence-corrected chi connectivity index (χ1v) is 7.91. The van der Waals surface area contributed by atoms with E-state index in [1.54, 1.807) is 36.2 Å². The van der Waals surface area contributed by atoms with Crippen LogP contribution < -0.4 is 10.6 Å². The number of carbonyl (C=O) groups excluding carboxylic acids is 1. The summed E-state index contributed by atoms with van der Waals surface area (Å²) in [6.45, 7) is 2.77. The monoisotopic (exact) mass is 404 g/mol. The molecule has 2 atom stereocenters. The molecular weight excluding hydrogens is 382 g/mol. The second-order valence-electron chi connectivity index (χ2n) is 5.90. The molecule has 1 fully saturated rings. The third-order valence-electron chi connectivity index (χ3n) is 4.30. The van der Waals surface area contributed by atoms with Crippen molar-refractivity contribution in [1.82, 2.24) is 20.2 Å². The summed E-state index contributed by atoms with van der Waals surface area (Å²) >= 11 is 0. The topological polar surface area (TPSA) is 68.2 Å². The molecule has 0 aliphatic carbocycles. The molecule has 2 heterocycles. The molecule has 0 bridgehead atoms. The molecule has 9 heteroatoms. The SMILES string of the molecule is CO[C@@H]1CN[C@H](C(=O)NCc2ccc(-n3ccnc3C)c(F)c2)C1.Cl.Cl. The lowest BCUT2D eigenvalue weighted by atomic mass is 10.1. The molecule has 26 heavy (non-hydrogen) atoms. The Morgan fingerprint density at radius 3 is 2.81 bits per heavy atom. The van der Waals surface area contributed by atoms with Crippen molar-refractivity contribution in [3.05, 3.63) is 47.8 Å². The number of halogens is 3. The number of benzene rings is 1. The van der Waals surface area contributed by atoms with Gasteiger partial charge in [0, 0.05) is 32.6 Å². The Morgan fingerprint density at radius 1 is 1.46 bits per heavy atom. The lowest BCUT2D eigenvalue weighted by molar-refractivity contribution is -0.123. The average Bonchev–Trinajstić information content (AvgIpc) is 3.22. The molecule has 1 aliphatic rings. The highest BCUT2D eigenvalue weighted by atomic mass is 35.5. The molecule has 2 aromatic rings. The number of carbonyl (C=O) groups is 1. The van der Waals surface area contributed by atoms with Crippen molar-refractivity contribution < 1.29 is 13.9 Å². The Balaban J connectivity index is 0.00000169. The van der Waals surface area contributed by atoms with Gasteiger partial charge in [0.1, 0.15) is 11.6 Å². The molecule has 0 spiro atoms. The van der Waals surface area contributed by atoms with Gasteiger partial charge < -0.3 is 19.9 Å². The van der Waals surface area contributed by atoms with Crippen LogP contribution in [0.3, 0.4) is 0 Å². The van der Waals surface area contributed by atoms with Gasteiger partial charge in [-0.15, -0.1) is 24.8 Å². The minimum Gasteiger partial charge on any atom is -0.380 e. The smallest absolute Gasteiger partial charge is 0.237 e. The summed E-state index contributed by atoms with van der Waals surface area (Å²) in [4.78, 5) is 16.2. The van der Waals surface area contributed by atoms with Gasteiger partial charge >= 0.3 is 0 Å². The normalized spacial score (nSPS) is 18.7. The summed E-state index contributed by atoms with van der Waals surface area (Å²) in [7, 11) is 1.64. The van der Waals surface area contributed by atoms with E-state index in [1.165, 1.54) is 6.07 Å². The highest BCUT2D eigenvalue weighted by Gasteiger charge is 2.28. The van der Waals surface area contributed by atoms with E-state index >= 15 is 0 Å². The fourth-order valence-corrected chi connectivity index (χ4v) is 2.88. The molecule has 144 valence electrons. The lowest BCUT2D eigenvalue weighted by Crippen LogP contribution is -2.40. The van der Waals surface area contributed by atoms with Crippen molar-refractivity contribution in [2.45, 2.75) is 32.0 Å². The second kappa shape index (κ2) is 9.87. The maximum atomic E-state index is 14.3. The predicted molar refractivity (Wildman–Crippen MR) is 102 cm³/mol. The molecule has 1 saturated heterocycles. The molecule has 2 N–H and O–H groups in total. The molecule has 0 saturated carbocycles. The second-order valence-corrected chi connectivity index (χ2v) is 5.90. The fraction of sp³-hybridized carbons (Fsp3) is 0.412. The Labute approximate surface area is 164 Å². The van der Waals surface area contributed by atoms with Gasteiger partial charge in [0.25, 0.3) is 0 Å². The van der Waals surface area contributed by atoms with Crippen molar-refractivity contribution in [2.24, 2.45) is 0 Å². The van der Waals surface area contributed by atoms with Gasteiger partial charge in [-0.2, -0.15) is 0 Å². The van der Waals surface area contributed by atoms with Crippen LogP contribution in [0.5, 0.6) is 0 Å². The molecule has 1 aliphatic heterocycles. The van der Waals surface area contributed by atoms with Crippen LogP contribution in [0.25, 0.3) is 5.69 Å². The first-order chi connectivity index (χ1) is 11.6. The molecule has 1 aromatic carbocycles. The first kappa shape index (κ1) is 22.4. The number of methoxy groups -OCH3 is 1. The standard InChI is InChI=1S/C17H21FN4O2.2ClH/c1-11-19-5-6-22(11)16-4-3-12(7-14(16)18)9-21-17(23)15-8-13(24-2)10-20-15;;/h3-7,13,15,20H,8-10H2,1-2H3,(H,21,23);2*1H/t13-,15-;;/m0../s1. The number of amides is 1. The summed E-state index contributed by atoms with van der Waals surface area (Å²) in [5.74, 6) is 0.278. The number of hydrogen-bond acceptors (Lipinski definition) is 4. The van der Waals surface area contributed by atoms with Crippen molar-refractivity contribution >= 4 is 30.7 Å². The minimum atomic E-state index is -0.346. The molecule has 1 aromatic heterocycles. The third kappa shape index (κ3) is 4.94. The van der Waals surface area contributed by atoms with E-state index < -0.39 is 0 Å². The number of hydrogen-bond donors (Lipinski definition) is 2. The van der Waals surface area contributed by atoms with Gasteiger partial charge in [-0.1, -0.05) is 6.07 Å². The first-order valence-electron chi connectivity index (χ1n) is 7.91. The van der Waals surface area contributed by atoms with Crippen LogP contribution in [-0.2, 0) is 16.1 Å². The van der Waals surface area contributed by atoms with E-state index in [4.69, 9.17) is 4.74 Å². The highest BCUT2D eigenvalue weighted by molar-refractivity contribution is 5.85. The van der Waals surface area contributed by atoms with Crippen LogP contribution in [-0.4, -0.2) is 41.3 Å². The Hall–Kier alpha value is -1.67. The van der Waals surface area contributed by atoms with Crippen LogP contribution >= 0.6 is 24.8 Å². The van der Waals surface area contributed by atoms with Crippen molar-refractivity contribution in [2.75, 3.05) is 13.7 Å². The van der Waals surface area contributed by atoms with Crippen molar-refractivity contribution in [3.8, 4) is 5.69 Å². The summed E-state index contributed by atoms with van der Waals surface area (Å²) in [6.07, 6.45) is 4.06. The average molecular weight is 405 g/mol. The van der Waals surface area contributed by atoms with Crippen LogP contribution in [0.15, 0.2) is 30.6 Å². The van der Waals surface area contributed by atoms with Crippen LogP contribution in [0.1, 0.15) is 17.8 Å². The van der Waals surface area contributed by atoms with E-state index in [1.807, 2.05) is 6.92 Å². The van der Waals surface area contributed by atoms with Gasteiger partial charge in [-0.05, 0) is 31.0 Å². The van der Waals surface area contributed by atoms with E-state index in [-0.39, 0.29) is 55.2 Å². The van der Waals surface area contributed by atoms with Crippen LogP contribution in [0.4, 0.5) is 4.39 Å². The highest BCUT2D eigenvalue weighted by Crippen LogP contribution is 2.17. The number of aryl methyl sites for hydroxylation is 1. The number of nitrogens with zero attached hydrogens (tertiary/aromatic N) is 2. The van der Waals surface area contributed by atoms with Gasteiger partial charge in [0.2, 0.25) is 5.91 Å². The van der Waals surface area contributed by atoms with Crippen LogP contribution in [0.2, 0.25) is 0 Å². The summed E-state index contributed by atoms with van der Waals surface area (Å²) in [5, 5.41) is 5.95. The molecule has 0 radical (unpaired) electrons. The zero-order valence-electron chi connectivity index (χ0n) is 14.6. The largest absolute Gasteiger partial charge is 0.380 e. The quantitative estimate of drug-likeness (QED) is 0.800. The van der Waals surface area contributed by atoms with Gasteiger partial charge in [-0.3, -0.25) is 4.79 Å². The minimum absolute atomic E-state index is 0. The van der Waals surface area contributed by atoms with Crippen molar-refractivity contribution in [3.63, 3.8) is 0 Å². The van der Waals surface area contributed by atoms with Gasteiger partial charge in [0.15, 0.2) is 0 Å². The molecule has 0 unspecified atom stereocenters. The maximum absolute atomic E-state index is 14.3. The van der Waals surface area contributed by atoms with Crippen LogP contribution in [0, 0.1) is 12.7 Å². The number of rotatable bonds is 5.